The SMILES string of the molecule is COc1cc(OC)c(Cl)c(N(C(=O)OC(C)(C)C)C(=O)N(C)c2cc(Cc3ccc(C)cc3[N+](=O)[O-])ncn2)c1Cl.COc1cc(OC)c(Cl)c(N(C(=O)OC(C)(C)C)C(=O)N(C)c2cc(N(C(=O)OC(C)(C)C)c3ccc(C)cc3[N+](=O)[O-])ncn2)c1Cl.O=C=O.O=C=O. The summed E-state index contributed by atoms with van der Waals surface area (Å²) in [5, 5.41) is 22.9. The Bertz CT molecular complexity index is 3850. The van der Waals surface area contributed by atoms with Gasteiger partial charge >= 0.3 is 42.6 Å². The lowest BCUT2D eigenvalue weighted by Gasteiger charge is -2.31. The normalized spacial score (nSPS) is 10.7. The number of hydrogen-bond acceptors (Lipinski definition) is 24. The van der Waals surface area contributed by atoms with Crippen LogP contribution in [0.2, 0.25) is 20.1 Å². The second-order valence-electron chi connectivity index (χ2n) is 22.2. The molecule has 0 aliphatic rings. The third-order valence-electron chi connectivity index (χ3n) is 11.9. The summed E-state index contributed by atoms with van der Waals surface area (Å²) in [7, 11) is 8.00. The molecule has 0 saturated heterocycles. The number of urea groups is 2. The van der Waals surface area contributed by atoms with Gasteiger partial charge in [-0.3, -0.25) is 30.0 Å². The maximum Gasteiger partial charge on any atom is 0.423 e. The van der Waals surface area contributed by atoms with E-state index >= 15 is 0 Å². The Kier molecular flexibility index (Phi) is 28.3. The number of nitro benzene ring substituents is 2. The Hall–Kier alpha value is -10.3. The third-order valence-corrected chi connectivity index (χ3v) is 13.3. The van der Waals surface area contributed by atoms with Crippen LogP contribution in [0.3, 0.4) is 0 Å². The van der Waals surface area contributed by atoms with E-state index in [0.29, 0.717) is 26.6 Å². The van der Waals surface area contributed by atoms with Gasteiger partial charge in [0.1, 0.15) is 107 Å². The van der Waals surface area contributed by atoms with E-state index in [2.05, 4.69) is 19.9 Å². The molecule has 6 rings (SSSR count). The number of aromatic nitrogens is 4. The minimum Gasteiger partial charge on any atom is -0.495 e. The molecule has 0 aliphatic carbocycles. The average Bonchev–Trinajstić information content (AvgIpc) is 0.782. The van der Waals surface area contributed by atoms with E-state index < -0.39 is 62.7 Å². The van der Waals surface area contributed by atoms with Crippen LogP contribution >= 0.6 is 46.4 Å². The number of carbonyl (C=O) groups is 5. The topological polar surface area (TPSA) is 372 Å². The van der Waals surface area contributed by atoms with Crippen LogP contribution in [0.4, 0.5) is 69.9 Å². The van der Waals surface area contributed by atoms with Crippen molar-refractivity contribution in [1.29, 1.82) is 0 Å². The molecule has 0 N–H and O–H groups in total. The molecule has 31 nitrogen and oxygen atoms in total. The molecule has 0 bridgehead atoms. The first-order valence-corrected chi connectivity index (χ1v) is 28.7. The standard InChI is InChI=1S/C31H36Cl2N6O9.C27H29Cl2N5O7.2CO2/c1-17-11-12-18(19(13-17)39(43)44)37(28(41)47-30(2,3)4)23-15-22(34-16-35-23)36(8)27(40)38(29(42)48-31(5,6)7)26-24(32)20(45-9)14-21(46-10)25(26)33;1-15-8-9-16(18(10-15)34(37)38)11-17-12-21(31-14-30-17)32(5)25(35)33(26(36)41-27(2,3)4)24-22(28)19(39-6)13-20(40-7)23(24)29;2*2-1-3/h11-16H,1-10H3;8-10,12-14H,11H2,1-7H3;;. The van der Waals surface area contributed by atoms with Gasteiger partial charge in [0.25, 0.3) is 11.4 Å². The molecule has 0 radical (unpaired) electrons. The highest BCUT2D eigenvalue weighted by molar-refractivity contribution is 6.44. The number of aryl methyl sites for hydroxylation is 2. The summed E-state index contributed by atoms with van der Waals surface area (Å²) in [4.78, 5) is 145. The zero-order valence-corrected chi connectivity index (χ0v) is 57.3. The minimum atomic E-state index is -1.15. The van der Waals surface area contributed by atoms with Crippen molar-refractivity contribution in [2.24, 2.45) is 0 Å². The quantitative estimate of drug-likeness (QED) is 0.0555. The number of hydrogen-bond donors (Lipinski definition) is 0. The van der Waals surface area contributed by atoms with E-state index in [1.54, 1.807) is 94.4 Å². The highest BCUT2D eigenvalue weighted by atomic mass is 35.5. The largest absolute Gasteiger partial charge is 0.495 e. The number of nitrogens with zero attached hydrogens (tertiary/aromatic N) is 11. The monoisotopic (exact) mass is 1400 g/mol. The van der Waals surface area contributed by atoms with Crippen molar-refractivity contribution >= 4 is 135 Å². The Balaban J connectivity index is 0.000000462. The number of imide groups is 2. The molecule has 2 heterocycles. The summed E-state index contributed by atoms with van der Waals surface area (Å²) in [5.74, 6) is 0.00739. The summed E-state index contributed by atoms with van der Waals surface area (Å²) in [5.41, 5.74) is -2.06. The fraction of sp³-hybridized carbons (Fsp3) is 0.350. The van der Waals surface area contributed by atoms with Crippen molar-refractivity contribution < 1.29 is 86.2 Å². The molecule has 7 amide bonds. The fourth-order valence-electron chi connectivity index (χ4n) is 7.87. The Morgan fingerprint density at radius 2 is 0.832 bits per heavy atom. The number of amides is 7. The lowest BCUT2D eigenvalue weighted by atomic mass is 10.0. The van der Waals surface area contributed by atoms with Crippen molar-refractivity contribution in [2.75, 3.05) is 67.0 Å². The van der Waals surface area contributed by atoms with Crippen LogP contribution in [0.5, 0.6) is 23.0 Å². The maximum absolute atomic E-state index is 14.2. The van der Waals surface area contributed by atoms with Gasteiger partial charge in [0, 0.05) is 62.5 Å². The number of halogens is 4. The van der Waals surface area contributed by atoms with Crippen LogP contribution in [0, 0.1) is 34.1 Å². The van der Waals surface area contributed by atoms with Crippen LogP contribution in [-0.2, 0) is 39.8 Å². The number of ether oxygens (including phenoxy) is 7. The molecule has 4 aromatic carbocycles. The highest BCUT2D eigenvalue weighted by Gasteiger charge is 2.40. The molecule has 0 unspecified atom stereocenters. The number of benzene rings is 4. The molecule has 508 valence electrons. The zero-order valence-electron chi connectivity index (χ0n) is 54.2. The van der Waals surface area contributed by atoms with E-state index in [1.165, 1.54) is 91.3 Å². The molecule has 0 fully saturated rings. The predicted octanol–water partition coefficient (Wildman–Crippen LogP) is 13.5. The highest BCUT2D eigenvalue weighted by Crippen LogP contribution is 2.49. The second-order valence-corrected chi connectivity index (χ2v) is 23.7. The van der Waals surface area contributed by atoms with Crippen molar-refractivity contribution in [3.63, 3.8) is 0 Å². The fourth-order valence-corrected chi connectivity index (χ4v) is 9.21. The summed E-state index contributed by atoms with van der Waals surface area (Å²) >= 11 is 26.3. The van der Waals surface area contributed by atoms with Gasteiger partial charge < -0.3 is 33.2 Å². The Labute approximate surface area is 563 Å². The molecule has 0 atom stereocenters. The van der Waals surface area contributed by atoms with Crippen LogP contribution in [0.25, 0.3) is 0 Å². The van der Waals surface area contributed by atoms with Crippen LogP contribution in [0.1, 0.15) is 84.7 Å². The van der Waals surface area contributed by atoms with Gasteiger partial charge in [0.2, 0.25) is 0 Å². The van der Waals surface area contributed by atoms with Gasteiger partial charge in [0.05, 0.1) is 44.0 Å². The molecule has 0 aliphatic heterocycles. The maximum atomic E-state index is 14.2. The Morgan fingerprint density at radius 1 is 0.495 bits per heavy atom. The van der Waals surface area contributed by atoms with Gasteiger partial charge in [-0.25, -0.2) is 48.8 Å². The lowest BCUT2D eigenvalue weighted by Crippen LogP contribution is -2.48. The number of anilines is 6. The summed E-state index contributed by atoms with van der Waals surface area (Å²) < 4.78 is 37.9. The van der Waals surface area contributed by atoms with E-state index in [1.807, 2.05) is 0 Å². The van der Waals surface area contributed by atoms with Crippen LogP contribution in [0.15, 0.2) is 73.3 Å². The van der Waals surface area contributed by atoms with Gasteiger partial charge in [-0.2, -0.15) is 29.0 Å². The average molecular weight is 1400 g/mol. The van der Waals surface area contributed by atoms with E-state index in [0.717, 1.165) is 26.6 Å². The number of carbonyl (C=O) groups excluding carboxylic acids is 9. The molecular formula is C60H65Cl4N11O20. The van der Waals surface area contributed by atoms with Crippen molar-refractivity contribution in [2.45, 2.75) is 99.4 Å². The van der Waals surface area contributed by atoms with Crippen LogP contribution < -0.4 is 43.4 Å². The molecule has 35 heteroatoms. The molecule has 6 aromatic rings. The first-order valence-electron chi connectivity index (χ1n) is 27.2. The number of methoxy groups -OCH3 is 4. The van der Waals surface area contributed by atoms with E-state index in [9.17, 15) is 44.2 Å². The molecule has 95 heavy (non-hydrogen) atoms. The van der Waals surface area contributed by atoms with Crippen molar-refractivity contribution in [3.05, 3.63) is 136 Å². The van der Waals surface area contributed by atoms with E-state index in [-0.39, 0.29) is 102 Å². The Morgan fingerprint density at radius 3 is 1.20 bits per heavy atom. The summed E-state index contributed by atoms with van der Waals surface area (Å²) in [6, 6.07) is 12.6. The second kappa shape index (κ2) is 34.0. The zero-order chi connectivity index (χ0) is 72.4. The van der Waals surface area contributed by atoms with Crippen molar-refractivity contribution in [3.8, 4) is 23.0 Å². The third kappa shape index (κ3) is 21.1. The minimum absolute atomic E-state index is 0.0361. The molecule has 0 spiro atoms. The van der Waals surface area contributed by atoms with Gasteiger partial charge in [-0.05, 0) is 93.4 Å². The molecular weight excluding hydrogens is 1340 g/mol. The summed E-state index contributed by atoms with van der Waals surface area (Å²) in [6.45, 7) is 18.0. The first kappa shape index (κ1) is 78.9. The van der Waals surface area contributed by atoms with Gasteiger partial charge in [-0.1, -0.05) is 64.6 Å². The molecule has 2 aromatic heterocycles. The summed E-state index contributed by atoms with van der Waals surface area (Å²) in [6.07, 6.45) is -0.393. The van der Waals surface area contributed by atoms with Crippen molar-refractivity contribution in [1.82, 2.24) is 19.9 Å². The number of nitro groups is 2. The molecule has 0 saturated carbocycles. The van der Waals surface area contributed by atoms with Gasteiger partial charge in [0.15, 0.2) is 0 Å². The predicted molar refractivity (Wildman–Crippen MR) is 345 cm³/mol. The van der Waals surface area contributed by atoms with Gasteiger partial charge in [-0.15, -0.1) is 0 Å². The lowest BCUT2D eigenvalue weighted by molar-refractivity contribution is -0.385. The van der Waals surface area contributed by atoms with E-state index in [4.69, 9.17) is 98.7 Å². The first-order chi connectivity index (χ1) is 44.2. The number of rotatable bonds is 14. The van der Waals surface area contributed by atoms with Crippen LogP contribution in [-0.4, -0.2) is 132 Å². The smallest absolute Gasteiger partial charge is 0.423 e.